The molecule has 0 aliphatic carbocycles. The van der Waals surface area contributed by atoms with Crippen LogP contribution in [-0.4, -0.2) is 28.1 Å². The molecule has 68 valence electrons. The van der Waals surface area contributed by atoms with Gasteiger partial charge in [-0.15, -0.1) is 5.10 Å². The molecule has 0 amide bonds. The van der Waals surface area contributed by atoms with Crippen LogP contribution < -0.4 is 5.32 Å². The molecule has 0 radical (unpaired) electrons. The normalized spacial score (nSPS) is 13.2. The largest absolute Gasteiger partial charge is 0.317 e. The second-order valence-electron chi connectivity index (χ2n) is 3.08. The molecule has 4 nitrogen and oxygen atoms in total. The van der Waals surface area contributed by atoms with Crippen LogP contribution in [0.4, 0.5) is 0 Å². The summed E-state index contributed by atoms with van der Waals surface area (Å²) in [7, 11) is 3.90. The van der Waals surface area contributed by atoms with Gasteiger partial charge in [-0.1, -0.05) is 5.21 Å². The van der Waals surface area contributed by atoms with Gasteiger partial charge in [0.25, 0.3) is 0 Å². The molecule has 1 atom stereocenters. The van der Waals surface area contributed by atoms with Crippen LogP contribution in [0.3, 0.4) is 0 Å². The molecule has 0 aromatic carbocycles. The fourth-order valence-corrected chi connectivity index (χ4v) is 1.05. The smallest absolute Gasteiger partial charge is 0.0724 e. The summed E-state index contributed by atoms with van der Waals surface area (Å²) in [5.41, 5.74) is 1.19. The van der Waals surface area contributed by atoms with Crippen LogP contribution in [0.15, 0.2) is 6.20 Å². The predicted octanol–water partition coefficient (Wildman–Crippen LogP) is 0.356. The third kappa shape index (κ3) is 2.30. The Kier molecular flexibility index (Phi) is 3.22. The Bertz CT molecular complexity index is 231. The Balaban J connectivity index is 2.38. The summed E-state index contributed by atoms with van der Waals surface area (Å²) in [5, 5.41) is 10.9. The highest BCUT2D eigenvalue weighted by molar-refractivity contribution is 4.93. The van der Waals surface area contributed by atoms with Gasteiger partial charge in [-0.05, 0) is 26.8 Å². The minimum Gasteiger partial charge on any atom is -0.317 e. The van der Waals surface area contributed by atoms with E-state index in [0.29, 0.717) is 6.04 Å². The molecule has 1 N–H and O–H groups in total. The molecule has 1 rings (SSSR count). The van der Waals surface area contributed by atoms with Crippen LogP contribution in [0.5, 0.6) is 0 Å². The fraction of sp³-hybridized carbons (Fsp3) is 0.750. The Morgan fingerprint density at radius 1 is 1.67 bits per heavy atom. The maximum atomic E-state index is 3.87. The fourth-order valence-electron chi connectivity index (χ4n) is 1.05. The number of nitrogens with one attached hydrogen (secondary N) is 1. The molecular weight excluding hydrogens is 152 g/mol. The van der Waals surface area contributed by atoms with Gasteiger partial charge < -0.3 is 5.32 Å². The molecule has 0 aliphatic heterocycles. The van der Waals surface area contributed by atoms with Crippen molar-refractivity contribution in [2.45, 2.75) is 25.8 Å². The first-order valence-electron chi connectivity index (χ1n) is 4.25. The molecule has 0 bridgehead atoms. The monoisotopic (exact) mass is 168 g/mol. The third-order valence-electron chi connectivity index (χ3n) is 2.13. The van der Waals surface area contributed by atoms with E-state index in [1.807, 2.05) is 25.0 Å². The maximum Gasteiger partial charge on any atom is 0.0724 e. The average molecular weight is 168 g/mol. The van der Waals surface area contributed by atoms with Crippen LogP contribution in [0, 0.1) is 0 Å². The predicted molar refractivity (Wildman–Crippen MR) is 47.8 cm³/mol. The molecular formula is C8H16N4. The molecule has 1 aromatic rings. The molecule has 0 saturated heterocycles. The van der Waals surface area contributed by atoms with E-state index in [2.05, 4.69) is 22.6 Å². The second kappa shape index (κ2) is 4.21. The van der Waals surface area contributed by atoms with E-state index in [1.165, 1.54) is 5.69 Å². The van der Waals surface area contributed by atoms with Gasteiger partial charge in [-0.25, -0.2) is 0 Å². The number of hydrogen-bond acceptors (Lipinski definition) is 3. The van der Waals surface area contributed by atoms with Crippen molar-refractivity contribution < 1.29 is 0 Å². The number of nitrogens with zero attached hydrogens (tertiary/aromatic N) is 3. The molecule has 1 heterocycles. The van der Waals surface area contributed by atoms with E-state index < -0.39 is 0 Å². The molecule has 12 heavy (non-hydrogen) atoms. The Morgan fingerprint density at radius 2 is 2.42 bits per heavy atom. The highest BCUT2D eigenvalue weighted by Crippen LogP contribution is 2.01. The van der Waals surface area contributed by atoms with Gasteiger partial charge in [-0.3, -0.25) is 4.68 Å². The zero-order valence-corrected chi connectivity index (χ0v) is 7.91. The van der Waals surface area contributed by atoms with Crippen molar-refractivity contribution >= 4 is 0 Å². The van der Waals surface area contributed by atoms with Crippen molar-refractivity contribution in [1.82, 2.24) is 20.3 Å². The van der Waals surface area contributed by atoms with Crippen molar-refractivity contribution in [3.8, 4) is 0 Å². The van der Waals surface area contributed by atoms with Crippen molar-refractivity contribution in [2.75, 3.05) is 7.05 Å². The average Bonchev–Trinajstić information content (AvgIpc) is 2.47. The SMILES string of the molecule is CNC(C)CCc1cnnn1C. The van der Waals surface area contributed by atoms with Gasteiger partial charge in [0.2, 0.25) is 0 Å². The number of aryl methyl sites for hydroxylation is 2. The first kappa shape index (κ1) is 9.19. The van der Waals surface area contributed by atoms with E-state index in [1.54, 1.807) is 0 Å². The molecule has 1 unspecified atom stereocenters. The Labute approximate surface area is 73.0 Å². The van der Waals surface area contributed by atoms with Crippen LogP contribution in [0.25, 0.3) is 0 Å². The highest BCUT2D eigenvalue weighted by Gasteiger charge is 2.02. The molecule has 0 spiro atoms. The molecule has 4 heteroatoms. The standard InChI is InChI=1S/C8H16N4/c1-7(9-2)4-5-8-6-10-11-12(8)3/h6-7,9H,4-5H2,1-3H3. The third-order valence-corrected chi connectivity index (χ3v) is 2.13. The Hall–Kier alpha value is -0.900. The summed E-state index contributed by atoms with van der Waals surface area (Å²) < 4.78 is 1.82. The lowest BCUT2D eigenvalue weighted by atomic mass is 10.1. The lowest BCUT2D eigenvalue weighted by molar-refractivity contribution is 0.549. The van der Waals surface area contributed by atoms with E-state index in [0.717, 1.165) is 12.8 Å². The number of rotatable bonds is 4. The summed E-state index contributed by atoms with van der Waals surface area (Å²) in [4.78, 5) is 0. The zero-order chi connectivity index (χ0) is 8.97. The highest BCUT2D eigenvalue weighted by atomic mass is 15.4. The van der Waals surface area contributed by atoms with Crippen molar-refractivity contribution in [3.63, 3.8) is 0 Å². The second-order valence-corrected chi connectivity index (χ2v) is 3.08. The van der Waals surface area contributed by atoms with Crippen LogP contribution in [0.2, 0.25) is 0 Å². The Morgan fingerprint density at radius 3 is 2.92 bits per heavy atom. The quantitative estimate of drug-likeness (QED) is 0.705. The summed E-state index contributed by atoms with van der Waals surface area (Å²) in [5.74, 6) is 0. The minimum absolute atomic E-state index is 0.555. The van der Waals surface area contributed by atoms with Crippen molar-refractivity contribution in [1.29, 1.82) is 0 Å². The number of aromatic nitrogens is 3. The van der Waals surface area contributed by atoms with Crippen LogP contribution in [0.1, 0.15) is 19.0 Å². The minimum atomic E-state index is 0.555. The van der Waals surface area contributed by atoms with Gasteiger partial charge in [0.1, 0.15) is 0 Å². The maximum absolute atomic E-state index is 3.87. The molecule has 0 aliphatic rings. The topological polar surface area (TPSA) is 42.7 Å². The van der Waals surface area contributed by atoms with E-state index >= 15 is 0 Å². The summed E-state index contributed by atoms with van der Waals surface area (Å²) in [6.07, 6.45) is 3.98. The van der Waals surface area contributed by atoms with Crippen LogP contribution >= 0.6 is 0 Å². The molecule has 0 fully saturated rings. The van der Waals surface area contributed by atoms with Gasteiger partial charge in [0.05, 0.1) is 11.9 Å². The lowest BCUT2D eigenvalue weighted by Crippen LogP contribution is -2.21. The first-order valence-corrected chi connectivity index (χ1v) is 4.25. The summed E-state index contributed by atoms with van der Waals surface area (Å²) in [6.45, 7) is 2.17. The van der Waals surface area contributed by atoms with Gasteiger partial charge in [0, 0.05) is 13.1 Å². The van der Waals surface area contributed by atoms with Crippen LogP contribution in [-0.2, 0) is 13.5 Å². The van der Waals surface area contributed by atoms with E-state index in [9.17, 15) is 0 Å². The molecule has 1 aromatic heterocycles. The van der Waals surface area contributed by atoms with Gasteiger partial charge in [0.15, 0.2) is 0 Å². The van der Waals surface area contributed by atoms with Gasteiger partial charge >= 0.3 is 0 Å². The van der Waals surface area contributed by atoms with Crippen molar-refractivity contribution in [3.05, 3.63) is 11.9 Å². The summed E-state index contributed by atoms with van der Waals surface area (Å²) >= 11 is 0. The van der Waals surface area contributed by atoms with Crippen molar-refractivity contribution in [2.24, 2.45) is 7.05 Å². The molecule has 0 saturated carbocycles. The first-order chi connectivity index (χ1) is 5.74. The lowest BCUT2D eigenvalue weighted by Gasteiger charge is -2.08. The van der Waals surface area contributed by atoms with E-state index in [-0.39, 0.29) is 0 Å². The number of hydrogen-bond donors (Lipinski definition) is 1. The van der Waals surface area contributed by atoms with E-state index in [4.69, 9.17) is 0 Å². The summed E-state index contributed by atoms with van der Waals surface area (Å²) in [6, 6.07) is 0.555. The van der Waals surface area contributed by atoms with Gasteiger partial charge in [-0.2, -0.15) is 0 Å². The zero-order valence-electron chi connectivity index (χ0n) is 7.91.